The van der Waals surface area contributed by atoms with Gasteiger partial charge in [0, 0.05) is 18.6 Å². The Balaban J connectivity index is 1.49. The van der Waals surface area contributed by atoms with E-state index in [1.807, 2.05) is 53.4 Å². The fourth-order valence-corrected chi connectivity index (χ4v) is 3.98. The van der Waals surface area contributed by atoms with Crippen molar-refractivity contribution in [1.82, 2.24) is 20.3 Å². The summed E-state index contributed by atoms with van der Waals surface area (Å²) in [6.07, 6.45) is 3.22. The van der Waals surface area contributed by atoms with Gasteiger partial charge in [-0.1, -0.05) is 35.5 Å². The lowest BCUT2D eigenvalue weighted by molar-refractivity contribution is -0.130. The van der Waals surface area contributed by atoms with Gasteiger partial charge in [0.2, 0.25) is 5.91 Å². The van der Waals surface area contributed by atoms with Crippen LogP contribution in [0.3, 0.4) is 0 Å². The molecule has 0 radical (unpaired) electrons. The molecule has 134 valence electrons. The summed E-state index contributed by atoms with van der Waals surface area (Å²) in [7, 11) is 0. The van der Waals surface area contributed by atoms with Crippen molar-refractivity contribution in [2.45, 2.75) is 24.8 Å². The lowest BCUT2D eigenvalue weighted by atomic mass is 9.73. The number of thiophene rings is 1. The number of nitrogens with zero attached hydrogens (tertiary/aromatic N) is 3. The van der Waals surface area contributed by atoms with Gasteiger partial charge < -0.3 is 10.1 Å². The van der Waals surface area contributed by atoms with Crippen molar-refractivity contribution in [2.24, 2.45) is 0 Å². The minimum absolute atomic E-state index is 0.0251. The molecule has 2 aromatic heterocycles. The Hall–Kier alpha value is -2.51. The first kappa shape index (κ1) is 16.9. The molecular weight excluding hydrogens is 348 g/mol. The number of benzene rings is 1. The van der Waals surface area contributed by atoms with Crippen molar-refractivity contribution >= 4 is 17.2 Å². The molecular formula is C19H20N4O2S. The highest BCUT2D eigenvalue weighted by Crippen LogP contribution is 2.35. The molecule has 1 N–H and O–H groups in total. The quantitative estimate of drug-likeness (QED) is 0.752. The third-order valence-corrected chi connectivity index (χ3v) is 5.52. The summed E-state index contributed by atoms with van der Waals surface area (Å²) in [5, 5.41) is 15.3. The zero-order valence-electron chi connectivity index (χ0n) is 14.3. The molecule has 1 fully saturated rings. The predicted molar refractivity (Wildman–Crippen MR) is 99.3 cm³/mol. The van der Waals surface area contributed by atoms with E-state index >= 15 is 0 Å². The van der Waals surface area contributed by atoms with Crippen molar-refractivity contribution in [3.05, 3.63) is 64.6 Å². The highest BCUT2D eigenvalue weighted by Gasteiger charge is 2.41. The van der Waals surface area contributed by atoms with Crippen LogP contribution in [0.15, 0.2) is 53.4 Å². The van der Waals surface area contributed by atoms with Crippen LogP contribution >= 0.6 is 11.3 Å². The molecule has 26 heavy (non-hydrogen) atoms. The lowest BCUT2D eigenvalue weighted by Crippen LogP contribution is -2.47. The molecule has 0 spiro atoms. The van der Waals surface area contributed by atoms with E-state index in [2.05, 4.69) is 15.6 Å². The van der Waals surface area contributed by atoms with Crippen LogP contribution in [0.25, 0.3) is 5.69 Å². The summed E-state index contributed by atoms with van der Waals surface area (Å²) in [5.41, 5.74) is 2.22. The van der Waals surface area contributed by atoms with E-state index in [1.165, 1.54) is 0 Å². The van der Waals surface area contributed by atoms with Crippen LogP contribution in [0.5, 0.6) is 0 Å². The second-order valence-corrected chi connectivity index (χ2v) is 7.16. The van der Waals surface area contributed by atoms with Crippen molar-refractivity contribution in [2.75, 3.05) is 13.2 Å². The van der Waals surface area contributed by atoms with Crippen molar-refractivity contribution in [3.63, 3.8) is 0 Å². The third kappa shape index (κ3) is 3.27. The summed E-state index contributed by atoms with van der Waals surface area (Å²) in [6, 6.07) is 12.0. The van der Waals surface area contributed by atoms with Gasteiger partial charge in [-0.2, -0.15) is 11.3 Å². The number of ether oxygens (including phenoxy) is 1. The zero-order valence-corrected chi connectivity index (χ0v) is 15.1. The van der Waals surface area contributed by atoms with E-state index < -0.39 is 5.41 Å². The van der Waals surface area contributed by atoms with Crippen LogP contribution in [0.4, 0.5) is 0 Å². The monoisotopic (exact) mass is 368 g/mol. The molecule has 0 atom stereocenters. The van der Waals surface area contributed by atoms with Crippen LogP contribution in [0.1, 0.15) is 24.1 Å². The van der Waals surface area contributed by atoms with Crippen molar-refractivity contribution in [1.29, 1.82) is 0 Å². The Bertz CT molecular complexity index is 855. The van der Waals surface area contributed by atoms with Crippen LogP contribution in [0.2, 0.25) is 0 Å². The second kappa shape index (κ2) is 7.39. The topological polar surface area (TPSA) is 69.0 Å². The number of hydrogen-bond donors (Lipinski definition) is 1. The molecule has 3 aromatic rings. The van der Waals surface area contributed by atoms with Gasteiger partial charge in [0.1, 0.15) is 5.69 Å². The van der Waals surface area contributed by atoms with Gasteiger partial charge in [-0.3, -0.25) is 4.79 Å². The summed E-state index contributed by atoms with van der Waals surface area (Å²) < 4.78 is 7.22. The number of hydrogen-bond acceptors (Lipinski definition) is 5. The molecule has 1 amide bonds. The number of carbonyl (C=O) groups is 1. The molecule has 4 rings (SSSR count). The molecule has 6 nitrogen and oxygen atoms in total. The average molecular weight is 368 g/mol. The molecule has 1 aromatic carbocycles. The maximum absolute atomic E-state index is 13.1. The first-order valence-electron chi connectivity index (χ1n) is 8.63. The SMILES string of the molecule is O=C(NCc1cn(-c2ccsc2)nn1)C1(c2ccccc2)CCOCC1. The van der Waals surface area contributed by atoms with Crippen LogP contribution in [-0.2, 0) is 21.5 Å². The molecule has 0 bridgehead atoms. The Morgan fingerprint density at radius 1 is 1.23 bits per heavy atom. The van der Waals surface area contributed by atoms with Gasteiger partial charge >= 0.3 is 0 Å². The van der Waals surface area contributed by atoms with E-state index in [1.54, 1.807) is 16.0 Å². The minimum Gasteiger partial charge on any atom is -0.381 e. The highest BCUT2D eigenvalue weighted by molar-refractivity contribution is 7.08. The largest absolute Gasteiger partial charge is 0.381 e. The molecule has 0 saturated carbocycles. The Kier molecular flexibility index (Phi) is 4.81. The number of carbonyl (C=O) groups excluding carboxylic acids is 1. The molecule has 0 unspecified atom stereocenters. The van der Waals surface area contributed by atoms with Gasteiger partial charge in [0.25, 0.3) is 0 Å². The normalized spacial score (nSPS) is 16.3. The van der Waals surface area contributed by atoms with E-state index in [0.29, 0.717) is 32.6 Å². The maximum atomic E-state index is 13.1. The molecule has 3 heterocycles. The number of aromatic nitrogens is 3. The van der Waals surface area contributed by atoms with Gasteiger partial charge in [-0.05, 0) is 29.9 Å². The van der Waals surface area contributed by atoms with Gasteiger partial charge in [-0.25, -0.2) is 4.68 Å². The van der Waals surface area contributed by atoms with Gasteiger partial charge in [0.05, 0.1) is 23.8 Å². The summed E-state index contributed by atoms with van der Waals surface area (Å²) in [6.45, 7) is 1.55. The average Bonchev–Trinajstić information content (AvgIpc) is 3.39. The van der Waals surface area contributed by atoms with E-state index in [4.69, 9.17) is 4.74 Å². The number of amides is 1. The van der Waals surface area contributed by atoms with Gasteiger partial charge in [-0.15, -0.1) is 5.10 Å². The lowest BCUT2D eigenvalue weighted by Gasteiger charge is -2.36. The number of nitrogens with one attached hydrogen (secondary N) is 1. The summed E-state index contributed by atoms with van der Waals surface area (Å²) in [4.78, 5) is 13.1. The fourth-order valence-electron chi connectivity index (χ4n) is 3.36. The molecule has 1 saturated heterocycles. The second-order valence-electron chi connectivity index (χ2n) is 6.38. The zero-order chi connectivity index (χ0) is 17.8. The Labute approximate surface area is 155 Å². The maximum Gasteiger partial charge on any atom is 0.231 e. The van der Waals surface area contributed by atoms with Crippen LogP contribution in [0, 0.1) is 0 Å². The first-order valence-corrected chi connectivity index (χ1v) is 9.58. The van der Waals surface area contributed by atoms with Crippen LogP contribution < -0.4 is 5.32 Å². The van der Waals surface area contributed by atoms with E-state index in [0.717, 1.165) is 16.9 Å². The summed E-state index contributed by atoms with van der Waals surface area (Å²) >= 11 is 1.61. The standard InChI is InChI=1S/C19H20N4O2S/c24-18(19(7-9-25-10-8-19)15-4-2-1-3-5-15)20-12-16-13-23(22-21-16)17-6-11-26-14-17/h1-6,11,13-14H,7-10,12H2,(H,20,24). The molecule has 0 aliphatic carbocycles. The number of rotatable bonds is 5. The van der Waals surface area contributed by atoms with E-state index in [9.17, 15) is 4.79 Å². The highest BCUT2D eigenvalue weighted by atomic mass is 32.1. The van der Waals surface area contributed by atoms with Crippen LogP contribution in [-0.4, -0.2) is 34.1 Å². The van der Waals surface area contributed by atoms with Crippen molar-refractivity contribution in [3.8, 4) is 5.69 Å². The van der Waals surface area contributed by atoms with Gasteiger partial charge in [0.15, 0.2) is 0 Å². The van der Waals surface area contributed by atoms with E-state index in [-0.39, 0.29) is 5.91 Å². The molecule has 1 aliphatic heterocycles. The minimum atomic E-state index is -0.539. The molecule has 1 aliphatic rings. The summed E-state index contributed by atoms with van der Waals surface area (Å²) in [5.74, 6) is 0.0251. The van der Waals surface area contributed by atoms with Crippen molar-refractivity contribution < 1.29 is 9.53 Å². The smallest absolute Gasteiger partial charge is 0.231 e. The Morgan fingerprint density at radius 2 is 2.04 bits per heavy atom. The molecule has 7 heteroatoms. The third-order valence-electron chi connectivity index (χ3n) is 4.85. The predicted octanol–water partition coefficient (Wildman–Crippen LogP) is 2.69. The Morgan fingerprint density at radius 3 is 2.77 bits per heavy atom. The fraction of sp³-hybridized carbons (Fsp3) is 0.316. The first-order chi connectivity index (χ1) is 12.8.